The van der Waals surface area contributed by atoms with Crippen LogP contribution in [0.25, 0.3) is 5.65 Å². The predicted molar refractivity (Wildman–Crippen MR) is 84.5 cm³/mol. The van der Waals surface area contributed by atoms with Gasteiger partial charge in [0.25, 0.3) is 0 Å². The Morgan fingerprint density at radius 2 is 2.33 bits per heavy atom. The van der Waals surface area contributed by atoms with Crippen molar-refractivity contribution >= 4 is 11.6 Å². The van der Waals surface area contributed by atoms with Gasteiger partial charge in [0.05, 0.1) is 31.1 Å². The molecule has 1 N–H and O–H groups in total. The van der Waals surface area contributed by atoms with Crippen molar-refractivity contribution < 1.29 is 24.1 Å². The van der Waals surface area contributed by atoms with Gasteiger partial charge in [0, 0.05) is 24.9 Å². The van der Waals surface area contributed by atoms with Gasteiger partial charge in [-0.05, 0) is 20.3 Å². The fourth-order valence-electron chi connectivity index (χ4n) is 3.41. The number of nitrogens with zero attached hydrogens (tertiary/aromatic N) is 2. The van der Waals surface area contributed by atoms with Crippen LogP contribution in [-0.4, -0.2) is 45.9 Å². The van der Waals surface area contributed by atoms with Crippen molar-refractivity contribution in [3.8, 4) is 5.75 Å². The Bertz CT molecular complexity index is 796. The maximum atomic E-state index is 11.5. The second-order valence-corrected chi connectivity index (χ2v) is 6.68. The molecule has 7 nitrogen and oxygen atoms in total. The second kappa shape index (κ2) is 5.46. The van der Waals surface area contributed by atoms with E-state index in [1.807, 2.05) is 20.0 Å². The van der Waals surface area contributed by atoms with Crippen molar-refractivity contribution in [3.05, 3.63) is 29.7 Å². The number of imidazole rings is 1. The summed E-state index contributed by atoms with van der Waals surface area (Å²) in [5.41, 5.74) is 1.01. The molecule has 2 aliphatic heterocycles. The molecule has 0 saturated carbocycles. The highest BCUT2D eigenvalue weighted by Crippen LogP contribution is 2.42. The van der Waals surface area contributed by atoms with Gasteiger partial charge in [-0.3, -0.25) is 0 Å². The highest BCUT2D eigenvalue weighted by atomic mass is 16.6. The molecule has 2 fully saturated rings. The molecule has 7 heteroatoms. The van der Waals surface area contributed by atoms with Gasteiger partial charge in [-0.2, -0.15) is 0 Å². The number of carboxylic acids is 1. The maximum absolute atomic E-state index is 11.5. The number of hydrogen-bond donors (Lipinski definition) is 1. The van der Waals surface area contributed by atoms with Crippen LogP contribution in [0.4, 0.5) is 0 Å². The third kappa shape index (κ3) is 2.44. The summed E-state index contributed by atoms with van der Waals surface area (Å²) < 4.78 is 19.1. The van der Waals surface area contributed by atoms with E-state index in [-0.39, 0.29) is 17.8 Å². The number of carboxylic acid groups (broad SMARTS) is 1. The topological polar surface area (TPSA) is 82.3 Å². The van der Waals surface area contributed by atoms with Gasteiger partial charge in [0.1, 0.15) is 22.6 Å². The zero-order valence-corrected chi connectivity index (χ0v) is 13.7. The van der Waals surface area contributed by atoms with Gasteiger partial charge >= 0.3 is 5.97 Å². The average molecular weight is 332 g/mol. The fraction of sp³-hybridized carbons (Fsp3) is 0.529. The van der Waals surface area contributed by atoms with Crippen LogP contribution >= 0.6 is 0 Å². The van der Waals surface area contributed by atoms with E-state index in [0.29, 0.717) is 24.6 Å². The first-order chi connectivity index (χ1) is 11.5. The molecule has 0 aliphatic carbocycles. The lowest BCUT2D eigenvalue weighted by molar-refractivity contribution is -0.0597. The lowest BCUT2D eigenvalue weighted by atomic mass is 9.93. The summed E-state index contributed by atoms with van der Waals surface area (Å²) in [4.78, 5) is 16.2. The SMILES string of the molecule is CC(C)Oc1cc2nc([C@@]34COC(CCO3)C4)cn2cc1C(=O)O. The number of aromatic carboxylic acids is 1. The minimum atomic E-state index is -1.03. The summed E-state index contributed by atoms with van der Waals surface area (Å²) in [5, 5.41) is 9.44. The van der Waals surface area contributed by atoms with E-state index < -0.39 is 11.6 Å². The molecular formula is C17H20N2O5. The molecule has 4 heterocycles. The lowest BCUT2D eigenvalue weighted by Crippen LogP contribution is -2.34. The van der Waals surface area contributed by atoms with Crippen molar-refractivity contribution in [2.45, 2.75) is 44.5 Å². The summed E-state index contributed by atoms with van der Waals surface area (Å²) in [7, 11) is 0. The van der Waals surface area contributed by atoms with Crippen LogP contribution < -0.4 is 4.74 Å². The molecule has 128 valence electrons. The summed E-state index contributed by atoms with van der Waals surface area (Å²) in [6.45, 7) is 4.86. The van der Waals surface area contributed by atoms with E-state index >= 15 is 0 Å². The van der Waals surface area contributed by atoms with Gasteiger partial charge in [-0.1, -0.05) is 0 Å². The van der Waals surface area contributed by atoms with E-state index in [1.54, 1.807) is 16.7 Å². The molecular weight excluding hydrogens is 312 g/mol. The zero-order valence-electron chi connectivity index (χ0n) is 13.7. The first kappa shape index (κ1) is 15.4. The molecule has 1 unspecified atom stereocenters. The third-order valence-electron chi connectivity index (χ3n) is 4.54. The summed E-state index contributed by atoms with van der Waals surface area (Å²) in [5.74, 6) is -0.705. The molecule has 2 atom stereocenters. The predicted octanol–water partition coefficient (Wildman–Crippen LogP) is 2.22. The van der Waals surface area contributed by atoms with Gasteiger partial charge in [-0.15, -0.1) is 0 Å². The highest BCUT2D eigenvalue weighted by Gasteiger charge is 2.47. The molecule has 2 aromatic heterocycles. The first-order valence-corrected chi connectivity index (χ1v) is 8.15. The van der Waals surface area contributed by atoms with Crippen molar-refractivity contribution in [2.24, 2.45) is 0 Å². The molecule has 0 spiro atoms. The average Bonchev–Trinajstić information content (AvgIpc) is 3.07. The first-order valence-electron chi connectivity index (χ1n) is 8.15. The molecule has 0 amide bonds. The van der Waals surface area contributed by atoms with Crippen molar-refractivity contribution in [1.82, 2.24) is 9.38 Å². The molecule has 2 saturated heterocycles. The van der Waals surface area contributed by atoms with Crippen LogP contribution in [-0.2, 0) is 15.1 Å². The maximum Gasteiger partial charge on any atom is 0.341 e. The van der Waals surface area contributed by atoms with Gasteiger partial charge in [-0.25, -0.2) is 9.78 Å². The molecule has 0 radical (unpaired) electrons. The summed E-state index contributed by atoms with van der Waals surface area (Å²) in [6.07, 6.45) is 5.17. The number of ether oxygens (including phenoxy) is 3. The molecule has 24 heavy (non-hydrogen) atoms. The Kier molecular flexibility index (Phi) is 3.51. The van der Waals surface area contributed by atoms with Crippen molar-refractivity contribution in [3.63, 3.8) is 0 Å². The number of pyridine rings is 1. The largest absolute Gasteiger partial charge is 0.490 e. The third-order valence-corrected chi connectivity index (χ3v) is 4.54. The van der Waals surface area contributed by atoms with E-state index in [9.17, 15) is 9.90 Å². The minimum absolute atomic E-state index is 0.114. The Morgan fingerprint density at radius 3 is 3.08 bits per heavy atom. The highest BCUT2D eigenvalue weighted by molar-refractivity contribution is 5.91. The molecule has 0 aromatic carbocycles. The van der Waals surface area contributed by atoms with Gasteiger partial charge < -0.3 is 23.7 Å². The van der Waals surface area contributed by atoms with Crippen LogP contribution in [0.3, 0.4) is 0 Å². The Hall–Kier alpha value is -2.12. The lowest BCUT2D eigenvalue weighted by Gasteiger charge is -2.29. The zero-order chi connectivity index (χ0) is 16.9. The molecule has 2 bridgehead atoms. The van der Waals surface area contributed by atoms with Crippen LogP contribution in [0.2, 0.25) is 0 Å². The number of rotatable bonds is 4. The van der Waals surface area contributed by atoms with Crippen molar-refractivity contribution in [1.29, 1.82) is 0 Å². The molecule has 2 aromatic rings. The number of carbonyl (C=O) groups is 1. The molecule has 2 aliphatic rings. The van der Waals surface area contributed by atoms with E-state index in [1.165, 1.54) is 0 Å². The number of fused-ring (bicyclic) bond motifs is 3. The van der Waals surface area contributed by atoms with Gasteiger partial charge in [0.15, 0.2) is 0 Å². The van der Waals surface area contributed by atoms with Crippen LogP contribution in [0.5, 0.6) is 5.75 Å². The summed E-state index contributed by atoms with van der Waals surface area (Å²) in [6, 6.07) is 1.67. The normalized spacial score (nSPS) is 26.2. The van der Waals surface area contributed by atoms with Crippen molar-refractivity contribution in [2.75, 3.05) is 13.2 Å². The smallest absolute Gasteiger partial charge is 0.341 e. The number of hydrogen-bond acceptors (Lipinski definition) is 5. The Labute approximate surface area is 139 Å². The molecule has 4 rings (SSSR count). The Morgan fingerprint density at radius 1 is 1.50 bits per heavy atom. The van der Waals surface area contributed by atoms with Crippen LogP contribution in [0.15, 0.2) is 18.5 Å². The Balaban J connectivity index is 1.79. The van der Waals surface area contributed by atoms with Crippen LogP contribution in [0.1, 0.15) is 42.7 Å². The summed E-state index contributed by atoms with van der Waals surface area (Å²) >= 11 is 0. The standard InChI is InChI=1S/C17H20N2O5/c1-10(2)24-13-5-15-18-14(8-19(15)7-12(13)16(20)21)17-6-11(22-9-17)3-4-23-17/h5,7-8,10-11H,3-4,6,9H2,1-2H3,(H,20,21)/t11?,17-/m1/s1. The number of aromatic nitrogens is 2. The quantitative estimate of drug-likeness (QED) is 0.924. The van der Waals surface area contributed by atoms with E-state index in [0.717, 1.165) is 18.5 Å². The minimum Gasteiger partial charge on any atom is -0.490 e. The van der Waals surface area contributed by atoms with Crippen LogP contribution in [0, 0.1) is 0 Å². The fourth-order valence-corrected chi connectivity index (χ4v) is 3.41. The monoisotopic (exact) mass is 332 g/mol. The van der Waals surface area contributed by atoms with E-state index in [2.05, 4.69) is 4.98 Å². The van der Waals surface area contributed by atoms with E-state index in [4.69, 9.17) is 14.2 Å². The second-order valence-electron chi connectivity index (χ2n) is 6.68. The van der Waals surface area contributed by atoms with Gasteiger partial charge in [0.2, 0.25) is 0 Å².